The van der Waals surface area contributed by atoms with Gasteiger partial charge in [0.1, 0.15) is 0 Å². The Hall–Kier alpha value is -2.05. The van der Waals surface area contributed by atoms with Crippen LogP contribution in [-0.2, 0) is 10.0 Å². The van der Waals surface area contributed by atoms with Crippen molar-refractivity contribution in [2.75, 3.05) is 49.1 Å². The molecule has 0 unspecified atom stereocenters. The van der Waals surface area contributed by atoms with Crippen molar-refractivity contribution in [3.8, 4) is 0 Å². The van der Waals surface area contributed by atoms with Crippen molar-refractivity contribution >= 4 is 21.4 Å². The van der Waals surface area contributed by atoms with Crippen molar-refractivity contribution in [2.24, 2.45) is 0 Å². The molecule has 0 radical (unpaired) electrons. The number of hydrogen-bond acceptors (Lipinski definition) is 4. The van der Waals surface area contributed by atoms with E-state index in [0.717, 1.165) is 44.7 Å². The molecule has 0 atom stereocenters. The molecule has 4 rings (SSSR count). The molecule has 2 aliphatic rings. The highest BCUT2D eigenvalue weighted by Crippen LogP contribution is 2.25. The third kappa shape index (κ3) is 3.44. The predicted octanol–water partition coefficient (Wildman–Crippen LogP) is 2.80. The highest BCUT2D eigenvalue weighted by atomic mass is 32.2. The first-order chi connectivity index (χ1) is 12.6. The highest BCUT2D eigenvalue weighted by Gasteiger charge is 2.27. The van der Waals surface area contributed by atoms with Gasteiger partial charge >= 0.3 is 0 Å². The van der Waals surface area contributed by atoms with E-state index >= 15 is 0 Å². The largest absolute Gasteiger partial charge is 0.368 e. The lowest BCUT2D eigenvalue weighted by Gasteiger charge is -2.37. The van der Waals surface area contributed by atoms with E-state index in [1.807, 2.05) is 18.2 Å². The molecule has 6 heteroatoms. The van der Waals surface area contributed by atoms with E-state index in [2.05, 4.69) is 34.1 Å². The fraction of sp³-hybridized carbons (Fsp3) is 0.400. The molecule has 0 aromatic heterocycles. The van der Waals surface area contributed by atoms with Gasteiger partial charge in [-0.25, -0.2) is 8.42 Å². The lowest BCUT2D eigenvalue weighted by atomic mass is 10.2. The molecule has 26 heavy (non-hydrogen) atoms. The monoisotopic (exact) mass is 371 g/mol. The zero-order valence-electron chi connectivity index (χ0n) is 14.9. The van der Waals surface area contributed by atoms with E-state index in [4.69, 9.17) is 0 Å². The second kappa shape index (κ2) is 7.29. The molecule has 138 valence electrons. The second-order valence-corrected chi connectivity index (χ2v) is 8.85. The SMILES string of the molecule is O=S(=O)(c1ccc(N2CCN(c3ccccc3)CC2)cc1)N1CCCC1. The van der Waals surface area contributed by atoms with Crippen LogP contribution in [-0.4, -0.2) is 52.0 Å². The second-order valence-electron chi connectivity index (χ2n) is 6.91. The molecule has 0 bridgehead atoms. The molecule has 2 aromatic rings. The summed E-state index contributed by atoms with van der Waals surface area (Å²) >= 11 is 0. The average Bonchev–Trinajstić information content (AvgIpc) is 3.25. The van der Waals surface area contributed by atoms with Crippen LogP contribution < -0.4 is 9.80 Å². The first-order valence-electron chi connectivity index (χ1n) is 9.30. The van der Waals surface area contributed by atoms with Crippen molar-refractivity contribution in [2.45, 2.75) is 17.7 Å². The number of hydrogen-bond donors (Lipinski definition) is 0. The molecular weight excluding hydrogens is 346 g/mol. The van der Waals surface area contributed by atoms with Crippen LogP contribution in [0.3, 0.4) is 0 Å². The maximum absolute atomic E-state index is 12.6. The van der Waals surface area contributed by atoms with Gasteiger partial charge in [0.15, 0.2) is 0 Å². The maximum Gasteiger partial charge on any atom is 0.243 e. The number of anilines is 2. The lowest BCUT2D eigenvalue weighted by molar-refractivity contribution is 0.477. The van der Waals surface area contributed by atoms with E-state index in [0.29, 0.717) is 18.0 Å². The zero-order valence-corrected chi connectivity index (χ0v) is 15.7. The van der Waals surface area contributed by atoms with Crippen molar-refractivity contribution in [1.82, 2.24) is 4.31 Å². The molecule has 2 aliphatic heterocycles. The Morgan fingerprint density at radius 2 is 1.12 bits per heavy atom. The maximum atomic E-state index is 12.6. The third-order valence-electron chi connectivity index (χ3n) is 5.31. The van der Waals surface area contributed by atoms with Crippen molar-refractivity contribution < 1.29 is 8.42 Å². The summed E-state index contributed by atoms with van der Waals surface area (Å²) in [6, 6.07) is 17.9. The Labute approximate surface area is 155 Å². The number of sulfonamides is 1. The number of para-hydroxylation sites is 1. The van der Waals surface area contributed by atoms with Gasteiger partial charge in [-0.2, -0.15) is 4.31 Å². The quantitative estimate of drug-likeness (QED) is 0.829. The van der Waals surface area contributed by atoms with E-state index in [9.17, 15) is 8.42 Å². The molecule has 2 aromatic carbocycles. The molecule has 0 amide bonds. The first-order valence-corrected chi connectivity index (χ1v) is 10.7. The summed E-state index contributed by atoms with van der Waals surface area (Å²) in [5.74, 6) is 0. The number of nitrogens with zero attached hydrogens (tertiary/aromatic N) is 3. The minimum absolute atomic E-state index is 0.408. The number of rotatable bonds is 4. The van der Waals surface area contributed by atoms with E-state index in [-0.39, 0.29) is 0 Å². The van der Waals surface area contributed by atoms with Crippen LogP contribution in [0.5, 0.6) is 0 Å². The van der Waals surface area contributed by atoms with Gasteiger partial charge in [-0.3, -0.25) is 0 Å². The smallest absolute Gasteiger partial charge is 0.243 e. The third-order valence-corrected chi connectivity index (χ3v) is 7.22. The molecule has 0 N–H and O–H groups in total. The predicted molar refractivity (Wildman–Crippen MR) is 105 cm³/mol. The fourth-order valence-corrected chi connectivity index (χ4v) is 5.29. The summed E-state index contributed by atoms with van der Waals surface area (Å²) in [5, 5.41) is 0. The topological polar surface area (TPSA) is 43.9 Å². The number of piperazine rings is 1. The fourth-order valence-electron chi connectivity index (χ4n) is 3.77. The highest BCUT2D eigenvalue weighted by molar-refractivity contribution is 7.89. The van der Waals surface area contributed by atoms with Gasteiger partial charge < -0.3 is 9.80 Å². The van der Waals surface area contributed by atoms with Crippen molar-refractivity contribution in [3.05, 3.63) is 54.6 Å². The zero-order chi connectivity index (χ0) is 18.0. The van der Waals surface area contributed by atoms with Gasteiger partial charge in [-0.15, -0.1) is 0 Å². The van der Waals surface area contributed by atoms with Crippen LogP contribution in [0.15, 0.2) is 59.5 Å². The molecule has 2 fully saturated rings. The Kier molecular flexibility index (Phi) is 4.87. The molecule has 2 saturated heterocycles. The Morgan fingerprint density at radius 3 is 1.65 bits per heavy atom. The van der Waals surface area contributed by atoms with E-state index in [1.54, 1.807) is 16.4 Å². The minimum Gasteiger partial charge on any atom is -0.368 e. The molecule has 2 heterocycles. The van der Waals surface area contributed by atoms with Gasteiger partial charge in [0.05, 0.1) is 4.90 Å². The Bertz CT molecular complexity index is 823. The van der Waals surface area contributed by atoms with Crippen LogP contribution in [0, 0.1) is 0 Å². The van der Waals surface area contributed by atoms with Crippen molar-refractivity contribution in [3.63, 3.8) is 0 Å². The Morgan fingerprint density at radius 1 is 0.615 bits per heavy atom. The first kappa shape index (κ1) is 17.4. The number of benzene rings is 2. The van der Waals surface area contributed by atoms with Crippen LogP contribution in [0.1, 0.15) is 12.8 Å². The van der Waals surface area contributed by atoms with Gasteiger partial charge in [-0.1, -0.05) is 18.2 Å². The van der Waals surface area contributed by atoms with E-state index < -0.39 is 10.0 Å². The van der Waals surface area contributed by atoms with Crippen molar-refractivity contribution in [1.29, 1.82) is 0 Å². The standard InChI is InChI=1S/C20H25N3O2S/c24-26(25,23-12-4-5-13-23)20-10-8-19(9-11-20)22-16-14-21(15-17-22)18-6-2-1-3-7-18/h1-3,6-11H,4-5,12-17H2. The Balaban J connectivity index is 1.42. The molecular formula is C20H25N3O2S. The van der Waals surface area contributed by atoms with Gasteiger partial charge in [0.25, 0.3) is 0 Å². The average molecular weight is 372 g/mol. The van der Waals surface area contributed by atoms with E-state index in [1.165, 1.54) is 5.69 Å². The van der Waals surface area contributed by atoms with Crippen LogP contribution in [0.25, 0.3) is 0 Å². The van der Waals surface area contributed by atoms with Crippen LogP contribution in [0.4, 0.5) is 11.4 Å². The molecule has 0 spiro atoms. The normalized spacial score (nSPS) is 19.1. The van der Waals surface area contributed by atoms with Gasteiger partial charge in [0.2, 0.25) is 10.0 Å². The minimum atomic E-state index is -3.32. The molecule has 0 saturated carbocycles. The summed E-state index contributed by atoms with van der Waals surface area (Å²) in [6.07, 6.45) is 1.92. The lowest BCUT2D eigenvalue weighted by Crippen LogP contribution is -2.46. The summed E-state index contributed by atoms with van der Waals surface area (Å²) in [5.41, 5.74) is 2.36. The summed E-state index contributed by atoms with van der Waals surface area (Å²) in [7, 11) is -3.32. The molecule has 5 nitrogen and oxygen atoms in total. The van der Waals surface area contributed by atoms with Gasteiger partial charge in [0, 0.05) is 50.6 Å². The van der Waals surface area contributed by atoms with Crippen LogP contribution in [0.2, 0.25) is 0 Å². The molecule has 0 aliphatic carbocycles. The summed E-state index contributed by atoms with van der Waals surface area (Å²) < 4.78 is 26.9. The van der Waals surface area contributed by atoms with Crippen LogP contribution >= 0.6 is 0 Å². The summed E-state index contributed by atoms with van der Waals surface area (Å²) in [6.45, 7) is 5.10. The van der Waals surface area contributed by atoms with Gasteiger partial charge in [-0.05, 0) is 49.2 Å². The summed E-state index contributed by atoms with van der Waals surface area (Å²) in [4.78, 5) is 5.13.